The minimum atomic E-state index is -1.41. The van der Waals surface area contributed by atoms with Crippen molar-refractivity contribution < 1.29 is 14.7 Å². The monoisotopic (exact) mass is 364 g/mol. The van der Waals surface area contributed by atoms with Gasteiger partial charge in [0.15, 0.2) is 0 Å². The van der Waals surface area contributed by atoms with Gasteiger partial charge in [-0.25, -0.2) is 4.79 Å². The maximum atomic E-state index is 12.5. The molecule has 1 atom stereocenters. The van der Waals surface area contributed by atoms with Gasteiger partial charge in [-0.05, 0) is 41.5 Å². The Labute approximate surface area is 161 Å². The van der Waals surface area contributed by atoms with Gasteiger partial charge in [-0.2, -0.15) is 0 Å². The summed E-state index contributed by atoms with van der Waals surface area (Å²) in [4.78, 5) is 24.2. The van der Waals surface area contributed by atoms with E-state index in [2.05, 4.69) is 45.9 Å². The zero-order chi connectivity index (χ0) is 20.0. The summed E-state index contributed by atoms with van der Waals surface area (Å²) < 4.78 is 0. The van der Waals surface area contributed by atoms with Crippen molar-refractivity contribution in [3.63, 3.8) is 0 Å². The fraction of sp³-hybridized carbons (Fsp3) is 0.458. The maximum Gasteiger partial charge on any atom is 0.323 e. The molecule has 0 saturated carbocycles. The van der Waals surface area contributed by atoms with Gasteiger partial charge in [-0.1, -0.05) is 71.1 Å². The molecule has 2 aliphatic rings. The molecule has 0 spiro atoms. The molecule has 0 bridgehead atoms. The fourth-order valence-corrected chi connectivity index (χ4v) is 4.45. The SMILES string of the molecule is CCc1cc2c(cc1C1(C(=O)O)C=CCCC1=C=O)C(C)(C)C=CC2(C)C. The lowest BCUT2D eigenvalue weighted by molar-refractivity contribution is -0.140. The third-order valence-electron chi connectivity index (χ3n) is 6.22. The molecule has 1 unspecified atom stereocenters. The number of carbonyl (C=O) groups is 1. The Bertz CT molecular complexity index is 908. The quantitative estimate of drug-likeness (QED) is 0.619. The Kier molecular flexibility index (Phi) is 4.56. The topological polar surface area (TPSA) is 54.4 Å². The summed E-state index contributed by atoms with van der Waals surface area (Å²) in [5, 5.41) is 10.2. The third kappa shape index (κ3) is 2.82. The molecule has 0 fully saturated rings. The molecule has 2 aliphatic carbocycles. The van der Waals surface area contributed by atoms with Crippen LogP contribution >= 0.6 is 0 Å². The van der Waals surface area contributed by atoms with E-state index in [0.29, 0.717) is 30.4 Å². The van der Waals surface area contributed by atoms with Gasteiger partial charge in [0.25, 0.3) is 0 Å². The van der Waals surface area contributed by atoms with Gasteiger partial charge in [-0.3, -0.25) is 4.79 Å². The standard InChI is InChI=1S/C24H28O3/c1-6-16-13-19-20(23(4,5)12-11-22(19,2)3)14-18(16)24(21(26)27)10-8-7-9-17(24)15-25/h8,10-14H,6-7,9H2,1-5H3,(H,26,27). The lowest BCUT2D eigenvalue weighted by Crippen LogP contribution is -2.40. The highest BCUT2D eigenvalue weighted by Crippen LogP contribution is 2.47. The number of carboxylic acids is 1. The zero-order valence-electron chi connectivity index (χ0n) is 16.8. The number of fused-ring (bicyclic) bond motifs is 1. The molecule has 27 heavy (non-hydrogen) atoms. The molecule has 0 aromatic heterocycles. The molecule has 0 radical (unpaired) electrons. The first-order valence-corrected chi connectivity index (χ1v) is 9.64. The number of allylic oxidation sites excluding steroid dienone is 3. The molecule has 3 nitrogen and oxygen atoms in total. The average Bonchev–Trinajstić information content (AvgIpc) is 2.64. The minimum Gasteiger partial charge on any atom is -0.480 e. The molecule has 1 aromatic carbocycles. The highest BCUT2D eigenvalue weighted by Gasteiger charge is 2.46. The molecule has 0 heterocycles. The van der Waals surface area contributed by atoms with Gasteiger partial charge in [0, 0.05) is 16.4 Å². The summed E-state index contributed by atoms with van der Waals surface area (Å²) in [6.45, 7) is 10.7. The minimum absolute atomic E-state index is 0.116. The second-order valence-corrected chi connectivity index (χ2v) is 8.82. The van der Waals surface area contributed by atoms with E-state index >= 15 is 0 Å². The van der Waals surface area contributed by atoms with Crippen LogP contribution in [0.15, 0.2) is 42.0 Å². The number of carboxylic acid groups (broad SMARTS) is 1. The van der Waals surface area contributed by atoms with E-state index in [4.69, 9.17) is 0 Å². The lowest BCUT2D eigenvalue weighted by Gasteiger charge is -2.40. The van der Waals surface area contributed by atoms with E-state index in [0.717, 1.165) is 11.1 Å². The van der Waals surface area contributed by atoms with Gasteiger partial charge >= 0.3 is 5.97 Å². The van der Waals surface area contributed by atoms with Crippen molar-refractivity contribution in [1.29, 1.82) is 0 Å². The van der Waals surface area contributed by atoms with E-state index in [1.54, 1.807) is 6.08 Å². The summed E-state index contributed by atoms with van der Waals surface area (Å²) >= 11 is 0. The van der Waals surface area contributed by atoms with Gasteiger partial charge in [-0.15, -0.1) is 0 Å². The van der Waals surface area contributed by atoms with Crippen LogP contribution in [0.5, 0.6) is 0 Å². The highest BCUT2D eigenvalue weighted by atomic mass is 16.4. The van der Waals surface area contributed by atoms with Gasteiger partial charge in [0.05, 0.1) is 0 Å². The third-order valence-corrected chi connectivity index (χ3v) is 6.22. The van der Waals surface area contributed by atoms with Gasteiger partial charge in [0.2, 0.25) is 0 Å². The van der Waals surface area contributed by atoms with Crippen molar-refractivity contribution in [1.82, 2.24) is 0 Å². The highest BCUT2D eigenvalue weighted by molar-refractivity contribution is 5.92. The van der Waals surface area contributed by atoms with E-state index in [9.17, 15) is 14.7 Å². The van der Waals surface area contributed by atoms with Crippen LogP contribution in [-0.2, 0) is 32.3 Å². The predicted molar refractivity (Wildman–Crippen MR) is 108 cm³/mol. The van der Waals surface area contributed by atoms with Crippen molar-refractivity contribution in [2.24, 2.45) is 0 Å². The fourth-order valence-electron chi connectivity index (χ4n) is 4.45. The second kappa shape index (κ2) is 6.35. The zero-order valence-corrected chi connectivity index (χ0v) is 16.8. The number of carbonyl (C=O) groups excluding carboxylic acids is 1. The average molecular weight is 364 g/mol. The number of aryl methyl sites for hydroxylation is 1. The van der Waals surface area contributed by atoms with E-state index in [1.807, 2.05) is 25.0 Å². The van der Waals surface area contributed by atoms with Crippen molar-refractivity contribution in [3.8, 4) is 0 Å². The van der Waals surface area contributed by atoms with E-state index < -0.39 is 11.4 Å². The van der Waals surface area contributed by atoms with Crippen LogP contribution in [0.1, 0.15) is 69.7 Å². The molecule has 0 saturated heterocycles. The maximum absolute atomic E-state index is 12.5. The van der Waals surface area contributed by atoms with E-state index in [-0.39, 0.29) is 10.8 Å². The van der Waals surface area contributed by atoms with Gasteiger partial charge < -0.3 is 5.11 Å². The Morgan fingerprint density at radius 1 is 1.04 bits per heavy atom. The van der Waals surface area contributed by atoms with Crippen molar-refractivity contribution in [3.05, 3.63) is 64.3 Å². The van der Waals surface area contributed by atoms with E-state index in [1.165, 1.54) is 5.56 Å². The molecule has 1 aromatic rings. The normalized spacial score (nSPS) is 25.0. The Hall–Kier alpha value is -2.38. The van der Waals surface area contributed by atoms with Crippen LogP contribution in [0.2, 0.25) is 0 Å². The number of rotatable bonds is 3. The molecular weight excluding hydrogens is 336 g/mol. The number of aliphatic carboxylic acids is 1. The summed E-state index contributed by atoms with van der Waals surface area (Å²) in [7, 11) is 0. The van der Waals surface area contributed by atoms with Crippen LogP contribution in [0.3, 0.4) is 0 Å². The van der Waals surface area contributed by atoms with Gasteiger partial charge in [0.1, 0.15) is 11.4 Å². The van der Waals surface area contributed by atoms with Crippen molar-refractivity contribution >= 4 is 11.9 Å². The number of hydrogen-bond acceptors (Lipinski definition) is 2. The van der Waals surface area contributed by atoms with Crippen LogP contribution in [0.25, 0.3) is 0 Å². The molecule has 1 N–H and O–H groups in total. The van der Waals surface area contributed by atoms with Crippen LogP contribution in [0, 0.1) is 0 Å². The number of benzene rings is 1. The molecule has 0 amide bonds. The summed E-state index contributed by atoms with van der Waals surface area (Å²) in [5.41, 5.74) is 2.64. The predicted octanol–water partition coefficient (Wildman–Crippen LogP) is 4.80. The first-order valence-electron chi connectivity index (χ1n) is 9.64. The molecular formula is C24H28O3. The van der Waals surface area contributed by atoms with Crippen molar-refractivity contribution in [2.45, 2.75) is 70.1 Å². The Morgan fingerprint density at radius 2 is 1.63 bits per heavy atom. The summed E-state index contributed by atoms with van der Waals surface area (Å²) in [6, 6.07) is 4.20. The first-order chi connectivity index (χ1) is 12.6. The Balaban J connectivity index is 2.41. The van der Waals surface area contributed by atoms with Crippen LogP contribution in [0.4, 0.5) is 0 Å². The Morgan fingerprint density at radius 3 is 2.15 bits per heavy atom. The summed E-state index contributed by atoms with van der Waals surface area (Å²) in [6.07, 6.45) is 9.82. The molecule has 142 valence electrons. The summed E-state index contributed by atoms with van der Waals surface area (Å²) in [5.74, 6) is 0.959. The van der Waals surface area contributed by atoms with Crippen LogP contribution in [-0.4, -0.2) is 17.0 Å². The molecule has 3 rings (SSSR count). The molecule has 3 heteroatoms. The smallest absolute Gasteiger partial charge is 0.323 e. The number of hydrogen-bond donors (Lipinski definition) is 1. The lowest BCUT2D eigenvalue weighted by atomic mass is 9.63. The molecule has 0 aliphatic heterocycles. The largest absolute Gasteiger partial charge is 0.480 e. The second-order valence-electron chi connectivity index (χ2n) is 8.82. The van der Waals surface area contributed by atoms with Crippen LogP contribution < -0.4 is 0 Å². The van der Waals surface area contributed by atoms with Crippen molar-refractivity contribution in [2.75, 3.05) is 0 Å². The first kappa shape index (κ1) is 19.4.